The molecule has 3 rings (SSSR count). The third-order valence-corrected chi connectivity index (χ3v) is 5.06. The van der Waals surface area contributed by atoms with E-state index < -0.39 is 9.84 Å². The van der Waals surface area contributed by atoms with E-state index in [1.54, 1.807) is 23.1 Å². The van der Waals surface area contributed by atoms with Gasteiger partial charge in [0.1, 0.15) is 12.7 Å². The average molecular weight is 370 g/mol. The number of nitrogens with one attached hydrogen (secondary N) is 1. The van der Waals surface area contributed by atoms with Gasteiger partial charge in [-0.1, -0.05) is 18.2 Å². The van der Waals surface area contributed by atoms with Crippen LogP contribution >= 0.6 is 0 Å². The molecule has 8 heteroatoms. The summed E-state index contributed by atoms with van der Waals surface area (Å²) in [4.78, 5) is 16.5. The summed E-state index contributed by atoms with van der Waals surface area (Å²) in [5, 5.41) is 6.94. The summed E-state index contributed by atoms with van der Waals surface area (Å²) in [7, 11) is -3.36. The Hall–Kier alpha value is -3.00. The lowest BCUT2D eigenvalue weighted by molar-refractivity contribution is 0.0939. The fourth-order valence-electron chi connectivity index (χ4n) is 2.49. The van der Waals surface area contributed by atoms with Crippen LogP contribution in [0.2, 0.25) is 0 Å². The van der Waals surface area contributed by atoms with Crippen molar-refractivity contribution in [2.45, 2.75) is 17.9 Å². The Morgan fingerprint density at radius 2 is 1.88 bits per heavy atom. The van der Waals surface area contributed by atoms with Crippen LogP contribution in [0.4, 0.5) is 0 Å². The predicted octanol–water partition coefficient (Wildman–Crippen LogP) is 2.16. The summed E-state index contributed by atoms with van der Waals surface area (Å²) in [5.41, 5.74) is 2.09. The molecule has 1 aromatic heterocycles. The van der Waals surface area contributed by atoms with Crippen molar-refractivity contribution in [1.29, 1.82) is 0 Å². The lowest BCUT2D eigenvalue weighted by atomic mass is 10.1. The zero-order chi connectivity index (χ0) is 18.7. The standard InChI is InChI=1S/C18H18N4O3S/c1-13(14-6-8-16(9-7-14)22-12-19-11-20-22)21-18(23)15-4-3-5-17(10-15)26(2,24)25/h3-13H,1-2H3,(H,21,23)/t13-/m1/s1. The third-order valence-electron chi connectivity index (χ3n) is 3.95. The molecule has 0 spiro atoms. The van der Waals surface area contributed by atoms with Gasteiger partial charge in [0.25, 0.3) is 5.91 Å². The minimum Gasteiger partial charge on any atom is -0.346 e. The van der Waals surface area contributed by atoms with Crippen molar-refractivity contribution in [2.75, 3.05) is 6.26 Å². The zero-order valence-electron chi connectivity index (χ0n) is 14.3. The van der Waals surface area contributed by atoms with Gasteiger partial charge in [0, 0.05) is 11.8 Å². The molecule has 0 aliphatic carbocycles. The molecule has 3 aromatic rings. The van der Waals surface area contributed by atoms with Crippen molar-refractivity contribution in [1.82, 2.24) is 20.1 Å². The first kappa shape index (κ1) is 17.8. The van der Waals surface area contributed by atoms with Gasteiger partial charge in [0.15, 0.2) is 9.84 Å². The van der Waals surface area contributed by atoms with Crippen molar-refractivity contribution >= 4 is 15.7 Å². The zero-order valence-corrected chi connectivity index (χ0v) is 15.1. The fraction of sp³-hybridized carbons (Fsp3) is 0.167. The van der Waals surface area contributed by atoms with Crippen LogP contribution in [-0.4, -0.2) is 35.3 Å². The van der Waals surface area contributed by atoms with E-state index >= 15 is 0 Å². The SMILES string of the molecule is C[C@@H](NC(=O)c1cccc(S(C)(=O)=O)c1)c1ccc(-n2cncn2)cc1. The van der Waals surface area contributed by atoms with Gasteiger partial charge in [0.2, 0.25) is 0 Å². The first-order chi connectivity index (χ1) is 12.3. The molecule has 134 valence electrons. The van der Waals surface area contributed by atoms with E-state index in [9.17, 15) is 13.2 Å². The van der Waals surface area contributed by atoms with Crippen LogP contribution in [0.3, 0.4) is 0 Å². The number of nitrogens with zero attached hydrogens (tertiary/aromatic N) is 3. The largest absolute Gasteiger partial charge is 0.346 e. The molecule has 0 unspecified atom stereocenters. The molecule has 0 fully saturated rings. The molecular weight excluding hydrogens is 352 g/mol. The molecule has 0 aliphatic rings. The first-order valence-electron chi connectivity index (χ1n) is 7.90. The lowest BCUT2D eigenvalue weighted by Gasteiger charge is -2.15. The van der Waals surface area contributed by atoms with Gasteiger partial charge in [-0.3, -0.25) is 4.79 Å². The summed E-state index contributed by atoms with van der Waals surface area (Å²) in [6.07, 6.45) is 4.18. The number of aromatic nitrogens is 3. The Bertz CT molecular complexity index is 1010. The van der Waals surface area contributed by atoms with Gasteiger partial charge < -0.3 is 5.32 Å². The molecular formula is C18H18N4O3S. The van der Waals surface area contributed by atoms with E-state index in [-0.39, 0.29) is 16.8 Å². The minimum atomic E-state index is -3.36. The van der Waals surface area contributed by atoms with Gasteiger partial charge >= 0.3 is 0 Å². The second-order valence-electron chi connectivity index (χ2n) is 5.93. The Morgan fingerprint density at radius 3 is 2.50 bits per heavy atom. The summed E-state index contributed by atoms with van der Waals surface area (Å²) in [6, 6.07) is 13.3. The predicted molar refractivity (Wildman–Crippen MR) is 96.8 cm³/mol. The second-order valence-corrected chi connectivity index (χ2v) is 7.94. The van der Waals surface area contributed by atoms with Gasteiger partial charge in [-0.15, -0.1) is 0 Å². The van der Waals surface area contributed by atoms with E-state index in [1.165, 1.54) is 18.5 Å². The number of rotatable bonds is 5. The molecule has 0 bridgehead atoms. The molecule has 0 radical (unpaired) electrons. The van der Waals surface area contributed by atoms with Crippen LogP contribution in [0.25, 0.3) is 5.69 Å². The molecule has 7 nitrogen and oxygen atoms in total. The normalized spacial score (nSPS) is 12.5. The third kappa shape index (κ3) is 3.97. The first-order valence-corrected chi connectivity index (χ1v) is 9.80. The lowest BCUT2D eigenvalue weighted by Crippen LogP contribution is -2.26. The van der Waals surface area contributed by atoms with Crippen molar-refractivity contribution < 1.29 is 13.2 Å². The average Bonchev–Trinajstić information content (AvgIpc) is 3.16. The maximum Gasteiger partial charge on any atom is 0.251 e. The van der Waals surface area contributed by atoms with Crippen molar-refractivity contribution in [3.8, 4) is 5.69 Å². The molecule has 2 aromatic carbocycles. The highest BCUT2D eigenvalue weighted by molar-refractivity contribution is 7.90. The van der Waals surface area contributed by atoms with E-state index in [2.05, 4.69) is 15.4 Å². The molecule has 1 N–H and O–H groups in total. The fourth-order valence-corrected chi connectivity index (χ4v) is 3.16. The number of benzene rings is 2. The van der Waals surface area contributed by atoms with Crippen LogP contribution in [0.1, 0.15) is 28.9 Å². The molecule has 1 atom stereocenters. The molecule has 1 heterocycles. The second kappa shape index (κ2) is 7.09. The summed E-state index contributed by atoms with van der Waals surface area (Å²) in [6.45, 7) is 1.86. The number of carbonyl (C=O) groups excluding carboxylic acids is 1. The van der Waals surface area contributed by atoms with Crippen LogP contribution in [0.15, 0.2) is 66.1 Å². The highest BCUT2D eigenvalue weighted by Gasteiger charge is 2.14. The Balaban J connectivity index is 1.73. The highest BCUT2D eigenvalue weighted by Crippen LogP contribution is 2.17. The summed E-state index contributed by atoms with van der Waals surface area (Å²) < 4.78 is 24.9. The topological polar surface area (TPSA) is 94.0 Å². The van der Waals surface area contributed by atoms with Gasteiger partial charge in [-0.25, -0.2) is 18.1 Å². The van der Waals surface area contributed by atoms with Crippen molar-refractivity contribution in [3.05, 3.63) is 72.3 Å². The smallest absolute Gasteiger partial charge is 0.251 e. The molecule has 1 amide bonds. The van der Waals surface area contributed by atoms with Crippen molar-refractivity contribution in [2.24, 2.45) is 0 Å². The molecule has 26 heavy (non-hydrogen) atoms. The Morgan fingerprint density at radius 1 is 1.15 bits per heavy atom. The van der Waals surface area contributed by atoms with Crippen LogP contribution < -0.4 is 5.32 Å². The van der Waals surface area contributed by atoms with Gasteiger partial charge in [-0.2, -0.15) is 5.10 Å². The number of carbonyl (C=O) groups is 1. The molecule has 0 aliphatic heterocycles. The number of hydrogen-bond donors (Lipinski definition) is 1. The minimum absolute atomic E-state index is 0.120. The Labute approximate surface area is 151 Å². The maximum atomic E-state index is 12.4. The number of hydrogen-bond acceptors (Lipinski definition) is 5. The van der Waals surface area contributed by atoms with E-state index in [0.717, 1.165) is 17.5 Å². The van der Waals surface area contributed by atoms with Crippen LogP contribution in [0, 0.1) is 0 Å². The van der Waals surface area contributed by atoms with Crippen molar-refractivity contribution in [3.63, 3.8) is 0 Å². The number of amides is 1. The summed E-state index contributed by atoms with van der Waals surface area (Å²) in [5.74, 6) is -0.330. The molecule has 0 saturated carbocycles. The van der Waals surface area contributed by atoms with Crippen LogP contribution in [-0.2, 0) is 9.84 Å². The summed E-state index contributed by atoms with van der Waals surface area (Å²) >= 11 is 0. The van der Waals surface area contributed by atoms with Gasteiger partial charge in [0.05, 0.1) is 16.6 Å². The highest BCUT2D eigenvalue weighted by atomic mass is 32.2. The monoisotopic (exact) mass is 370 g/mol. The maximum absolute atomic E-state index is 12.4. The van der Waals surface area contributed by atoms with E-state index in [4.69, 9.17) is 0 Å². The van der Waals surface area contributed by atoms with Crippen LogP contribution in [0.5, 0.6) is 0 Å². The van der Waals surface area contributed by atoms with Gasteiger partial charge in [-0.05, 0) is 42.8 Å². The van der Waals surface area contributed by atoms with E-state index in [0.29, 0.717) is 5.56 Å². The Kier molecular flexibility index (Phi) is 4.85. The van der Waals surface area contributed by atoms with E-state index in [1.807, 2.05) is 31.2 Å². The number of sulfone groups is 1. The molecule has 0 saturated heterocycles. The quantitative estimate of drug-likeness (QED) is 0.743.